The molecule has 0 fully saturated rings. The van der Waals surface area contributed by atoms with E-state index in [0.29, 0.717) is 0 Å². The van der Waals surface area contributed by atoms with Crippen LogP contribution in [0.3, 0.4) is 0 Å². The van der Waals surface area contributed by atoms with Gasteiger partial charge in [-0.3, -0.25) is 0 Å². The summed E-state index contributed by atoms with van der Waals surface area (Å²) in [4.78, 5) is 6.98. The average Bonchev–Trinajstić information content (AvgIpc) is 2.94. The summed E-state index contributed by atoms with van der Waals surface area (Å²) in [5.74, 6) is 0. The first-order valence-corrected chi connectivity index (χ1v) is 7.36. The highest BCUT2D eigenvalue weighted by Gasteiger charge is 2.15. The van der Waals surface area contributed by atoms with E-state index < -0.39 is 0 Å². The zero-order valence-corrected chi connectivity index (χ0v) is 12.4. The molecule has 20 heavy (non-hydrogen) atoms. The molecule has 0 saturated carbocycles. The summed E-state index contributed by atoms with van der Waals surface area (Å²) >= 11 is 1.73. The van der Waals surface area contributed by atoms with Crippen LogP contribution in [0.2, 0.25) is 0 Å². The number of rotatable bonds is 3. The molecule has 0 radical (unpaired) electrons. The minimum atomic E-state index is 1.06. The molecule has 3 rings (SSSR count). The molecule has 0 aliphatic carbocycles. The van der Waals surface area contributed by atoms with Crippen LogP contribution in [-0.2, 0) is 0 Å². The quantitative estimate of drug-likeness (QED) is 0.700. The monoisotopic (exact) mass is 280 g/mol. The van der Waals surface area contributed by atoms with E-state index in [-0.39, 0.29) is 0 Å². The van der Waals surface area contributed by atoms with Gasteiger partial charge in [0.1, 0.15) is 15.7 Å². The molecule has 0 bridgehead atoms. The summed E-state index contributed by atoms with van der Waals surface area (Å²) in [6.45, 7) is 0. The molecule has 0 atom stereocenters. The Labute approximate surface area is 123 Å². The Morgan fingerprint density at radius 1 is 0.800 bits per heavy atom. The minimum absolute atomic E-state index is 1.06. The van der Waals surface area contributed by atoms with Crippen molar-refractivity contribution in [3.05, 3.63) is 60.7 Å². The number of thiazole rings is 1. The molecular formula is C17H16N2S. The fraction of sp³-hybridized carbons (Fsp3) is 0.118. The van der Waals surface area contributed by atoms with Crippen LogP contribution in [0, 0.1) is 0 Å². The predicted molar refractivity (Wildman–Crippen MR) is 87.3 cm³/mol. The molecule has 2 nitrogen and oxygen atoms in total. The van der Waals surface area contributed by atoms with Gasteiger partial charge in [-0.15, -0.1) is 0 Å². The molecule has 1 aromatic heterocycles. The predicted octanol–water partition coefficient (Wildman–Crippen LogP) is 4.54. The maximum Gasteiger partial charge on any atom is 0.126 e. The van der Waals surface area contributed by atoms with Gasteiger partial charge in [-0.1, -0.05) is 72.0 Å². The van der Waals surface area contributed by atoms with Gasteiger partial charge in [0.25, 0.3) is 0 Å². The largest absolute Gasteiger partial charge is 0.368 e. The number of benzene rings is 2. The van der Waals surface area contributed by atoms with Crippen molar-refractivity contribution in [1.82, 2.24) is 4.98 Å². The molecule has 100 valence electrons. The lowest BCUT2D eigenvalue weighted by molar-refractivity contribution is 1.15. The third-order valence-electron chi connectivity index (χ3n) is 3.08. The molecule has 0 aliphatic rings. The van der Waals surface area contributed by atoms with Gasteiger partial charge in [0.15, 0.2) is 0 Å². The molecule has 3 heteroatoms. The van der Waals surface area contributed by atoms with Gasteiger partial charge in [0.05, 0.1) is 0 Å². The van der Waals surface area contributed by atoms with Gasteiger partial charge < -0.3 is 4.90 Å². The van der Waals surface area contributed by atoms with Gasteiger partial charge >= 0.3 is 0 Å². The molecule has 0 N–H and O–H groups in total. The third-order valence-corrected chi connectivity index (χ3v) is 4.36. The molecule has 0 spiro atoms. The molecule has 2 aromatic carbocycles. The topological polar surface area (TPSA) is 16.1 Å². The van der Waals surface area contributed by atoms with E-state index in [4.69, 9.17) is 4.98 Å². The Morgan fingerprint density at radius 3 is 1.90 bits per heavy atom. The van der Waals surface area contributed by atoms with E-state index in [1.807, 2.05) is 24.3 Å². The molecular weight excluding hydrogens is 264 g/mol. The summed E-state index contributed by atoms with van der Waals surface area (Å²) in [6, 6.07) is 20.7. The molecule has 0 aliphatic heterocycles. The van der Waals surface area contributed by atoms with Crippen LogP contribution in [0.4, 0.5) is 5.00 Å². The second kappa shape index (κ2) is 5.47. The standard InChI is InChI=1S/C17H16N2S/c1-19(2)17-15(13-9-5-3-6-10-13)18-16(20-17)14-11-7-4-8-12-14/h3-12H,1-2H3. The normalized spacial score (nSPS) is 10.5. The number of nitrogens with zero attached hydrogens (tertiary/aromatic N) is 2. The van der Waals surface area contributed by atoms with E-state index in [1.165, 1.54) is 10.6 Å². The first kappa shape index (κ1) is 12.9. The summed E-state index contributed by atoms with van der Waals surface area (Å²) in [5, 5.41) is 2.25. The molecule has 0 saturated heterocycles. The smallest absolute Gasteiger partial charge is 0.126 e. The van der Waals surface area contributed by atoms with E-state index in [1.54, 1.807) is 11.3 Å². The van der Waals surface area contributed by atoms with Crippen molar-refractivity contribution < 1.29 is 0 Å². The van der Waals surface area contributed by atoms with E-state index in [0.717, 1.165) is 16.3 Å². The highest BCUT2D eigenvalue weighted by molar-refractivity contribution is 7.19. The molecule has 0 amide bonds. The van der Waals surface area contributed by atoms with Crippen molar-refractivity contribution in [2.24, 2.45) is 0 Å². The van der Waals surface area contributed by atoms with E-state index >= 15 is 0 Å². The minimum Gasteiger partial charge on any atom is -0.368 e. The first-order valence-electron chi connectivity index (χ1n) is 6.54. The number of hydrogen-bond acceptors (Lipinski definition) is 3. The van der Waals surface area contributed by atoms with Crippen molar-refractivity contribution in [1.29, 1.82) is 0 Å². The molecule has 0 unspecified atom stereocenters. The van der Waals surface area contributed by atoms with Crippen molar-refractivity contribution >= 4 is 16.3 Å². The fourth-order valence-corrected chi connectivity index (χ4v) is 3.12. The zero-order chi connectivity index (χ0) is 13.9. The summed E-state index contributed by atoms with van der Waals surface area (Å²) in [7, 11) is 4.13. The molecule has 1 heterocycles. The van der Waals surface area contributed by atoms with E-state index in [9.17, 15) is 0 Å². The van der Waals surface area contributed by atoms with Crippen molar-refractivity contribution in [3.63, 3.8) is 0 Å². The Hall–Kier alpha value is -2.13. The first-order chi connectivity index (χ1) is 9.75. The Kier molecular flexibility index (Phi) is 3.52. The maximum absolute atomic E-state index is 4.85. The zero-order valence-electron chi connectivity index (χ0n) is 11.6. The van der Waals surface area contributed by atoms with Crippen LogP contribution in [-0.4, -0.2) is 19.1 Å². The van der Waals surface area contributed by atoms with Crippen LogP contribution < -0.4 is 4.90 Å². The van der Waals surface area contributed by atoms with Gasteiger partial charge in [0.2, 0.25) is 0 Å². The van der Waals surface area contributed by atoms with Crippen molar-refractivity contribution in [2.45, 2.75) is 0 Å². The van der Waals surface area contributed by atoms with Crippen molar-refractivity contribution in [3.8, 4) is 21.8 Å². The Balaban J connectivity index is 2.13. The van der Waals surface area contributed by atoms with Crippen LogP contribution in [0.25, 0.3) is 21.8 Å². The van der Waals surface area contributed by atoms with Crippen LogP contribution in [0.1, 0.15) is 0 Å². The lowest BCUT2D eigenvalue weighted by Crippen LogP contribution is -2.07. The second-order valence-electron chi connectivity index (χ2n) is 4.80. The van der Waals surface area contributed by atoms with Gasteiger partial charge in [0, 0.05) is 25.2 Å². The van der Waals surface area contributed by atoms with E-state index in [2.05, 4.69) is 55.4 Å². The summed E-state index contributed by atoms with van der Waals surface area (Å²) < 4.78 is 0. The van der Waals surface area contributed by atoms with Crippen LogP contribution >= 0.6 is 11.3 Å². The van der Waals surface area contributed by atoms with Crippen molar-refractivity contribution in [2.75, 3.05) is 19.0 Å². The fourth-order valence-electron chi connectivity index (χ4n) is 2.10. The van der Waals surface area contributed by atoms with Gasteiger partial charge in [-0.05, 0) is 0 Å². The average molecular weight is 280 g/mol. The van der Waals surface area contributed by atoms with Crippen LogP contribution in [0.15, 0.2) is 60.7 Å². The summed E-state index contributed by atoms with van der Waals surface area (Å²) in [5.41, 5.74) is 3.39. The second-order valence-corrected chi connectivity index (χ2v) is 5.78. The third kappa shape index (κ3) is 2.45. The Morgan fingerprint density at radius 2 is 1.35 bits per heavy atom. The SMILES string of the molecule is CN(C)c1sc(-c2ccccc2)nc1-c1ccccc1. The number of hydrogen-bond donors (Lipinski definition) is 0. The lowest BCUT2D eigenvalue weighted by atomic mass is 10.1. The Bertz CT molecular complexity index is 688. The summed E-state index contributed by atoms with van der Waals surface area (Å²) in [6.07, 6.45) is 0. The number of aromatic nitrogens is 1. The lowest BCUT2D eigenvalue weighted by Gasteiger charge is -2.11. The highest BCUT2D eigenvalue weighted by Crippen LogP contribution is 2.39. The maximum atomic E-state index is 4.85. The number of anilines is 1. The molecule has 3 aromatic rings. The van der Waals surface area contributed by atoms with Crippen LogP contribution in [0.5, 0.6) is 0 Å². The van der Waals surface area contributed by atoms with Gasteiger partial charge in [-0.25, -0.2) is 4.98 Å². The highest BCUT2D eigenvalue weighted by atomic mass is 32.1. The van der Waals surface area contributed by atoms with Gasteiger partial charge in [-0.2, -0.15) is 0 Å².